The van der Waals surface area contributed by atoms with E-state index in [0.29, 0.717) is 6.61 Å². The van der Waals surface area contributed by atoms with Gasteiger partial charge in [-0.15, -0.1) is 0 Å². The lowest BCUT2D eigenvalue weighted by molar-refractivity contribution is 0.0829. The number of nitrogens with zero attached hydrogens (tertiary/aromatic N) is 1. The average Bonchev–Trinajstić information content (AvgIpc) is 2.78. The molecule has 1 aromatic rings. The molecular formula is C13H17NO2. The first kappa shape index (κ1) is 11.1. The van der Waals surface area contributed by atoms with E-state index in [4.69, 9.17) is 9.47 Å². The Balaban J connectivity index is 1.73. The van der Waals surface area contributed by atoms with Crippen LogP contribution in [0, 0.1) is 0 Å². The van der Waals surface area contributed by atoms with Crippen LogP contribution >= 0.6 is 0 Å². The van der Waals surface area contributed by atoms with Gasteiger partial charge in [-0.25, -0.2) is 4.99 Å². The topological polar surface area (TPSA) is 30.8 Å². The van der Waals surface area contributed by atoms with Gasteiger partial charge >= 0.3 is 0 Å². The Hall–Kier alpha value is -1.35. The van der Waals surface area contributed by atoms with Gasteiger partial charge in [0.15, 0.2) is 12.1 Å². The molecular weight excluding hydrogens is 202 g/mol. The number of benzene rings is 1. The third kappa shape index (κ3) is 3.07. The number of methoxy groups -OCH3 is 1. The minimum Gasteiger partial charge on any atom is -0.476 e. The normalized spacial score (nSPS) is 19.3. The molecule has 0 saturated carbocycles. The van der Waals surface area contributed by atoms with Crippen LogP contribution in [0.5, 0.6) is 0 Å². The fraction of sp³-hybridized carbons (Fsp3) is 0.462. The van der Waals surface area contributed by atoms with E-state index in [1.807, 2.05) is 6.07 Å². The minimum absolute atomic E-state index is 0.0910. The zero-order valence-corrected chi connectivity index (χ0v) is 9.56. The first-order valence-electron chi connectivity index (χ1n) is 5.64. The van der Waals surface area contributed by atoms with Gasteiger partial charge in [0.05, 0.1) is 0 Å². The largest absolute Gasteiger partial charge is 0.476 e. The van der Waals surface area contributed by atoms with Crippen LogP contribution in [0.4, 0.5) is 0 Å². The Bertz CT molecular complexity index is 348. The van der Waals surface area contributed by atoms with E-state index in [9.17, 15) is 0 Å². The summed E-state index contributed by atoms with van der Waals surface area (Å²) < 4.78 is 10.5. The molecule has 1 heterocycles. The van der Waals surface area contributed by atoms with E-state index in [-0.39, 0.29) is 6.23 Å². The smallest absolute Gasteiger partial charge is 0.186 e. The van der Waals surface area contributed by atoms with Gasteiger partial charge in [0.2, 0.25) is 0 Å². The molecule has 86 valence electrons. The van der Waals surface area contributed by atoms with Gasteiger partial charge in [-0.2, -0.15) is 0 Å². The molecule has 3 heteroatoms. The number of hydrogen-bond acceptors (Lipinski definition) is 3. The second-order valence-electron chi connectivity index (χ2n) is 3.86. The molecule has 0 aromatic heterocycles. The fourth-order valence-corrected chi connectivity index (χ4v) is 1.75. The molecule has 0 saturated heterocycles. The van der Waals surface area contributed by atoms with Crippen LogP contribution in [0.25, 0.3) is 0 Å². The number of aryl methyl sites for hydroxylation is 1. The van der Waals surface area contributed by atoms with Crippen LogP contribution in [0.2, 0.25) is 0 Å². The predicted octanol–water partition coefficient (Wildman–Crippen LogP) is 2.41. The third-order valence-electron chi connectivity index (χ3n) is 2.65. The summed E-state index contributed by atoms with van der Waals surface area (Å²) in [5.41, 5.74) is 1.37. The number of ether oxygens (including phenoxy) is 2. The summed E-state index contributed by atoms with van der Waals surface area (Å²) in [4.78, 5) is 4.31. The number of rotatable bonds is 5. The summed E-state index contributed by atoms with van der Waals surface area (Å²) >= 11 is 0. The maximum absolute atomic E-state index is 5.42. The molecule has 0 fully saturated rings. The van der Waals surface area contributed by atoms with Gasteiger partial charge in [-0.05, 0) is 18.4 Å². The Morgan fingerprint density at radius 2 is 2.12 bits per heavy atom. The van der Waals surface area contributed by atoms with Crippen LogP contribution in [0.15, 0.2) is 35.3 Å². The van der Waals surface area contributed by atoms with Crippen molar-refractivity contribution in [1.29, 1.82) is 0 Å². The van der Waals surface area contributed by atoms with Crippen molar-refractivity contribution in [2.75, 3.05) is 13.7 Å². The minimum atomic E-state index is -0.0910. The molecule has 0 N–H and O–H groups in total. The maximum atomic E-state index is 5.42. The summed E-state index contributed by atoms with van der Waals surface area (Å²) in [6.45, 7) is 0.567. The van der Waals surface area contributed by atoms with E-state index in [1.54, 1.807) is 7.11 Å². The maximum Gasteiger partial charge on any atom is 0.186 e. The summed E-state index contributed by atoms with van der Waals surface area (Å²) in [5.74, 6) is 0.836. The molecule has 2 rings (SSSR count). The number of aliphatic imine (C=N–C) groups is 1. The van der Waals surface area contributed by atoms with E-state index >= 15 is 0 Å². The van der Waals surface area contributed by atoms with Gasteiger partial charge in [0.1, 0.15) is 6.61 Å². The van der Waals surface area contributed by atoms with Gasteiger partial charge in [-0.1, -0.05) is 30.3 Å². The van der Waals surface area contributed by atoms with Crippen molar-refractivity contribution in [3.05, 3.63) is 35.9 Å². The van der Waals surface area contributed by atoms with Gasteiger partial charge in [-0.3, -0.25) is 0 Å². The molecule has 0 amide bonds. The van der Waals surface area contributed by atoms with Crippen molar-refractivity contribution in [2.45, 2.75) is 25.5 Å². The van der Waals surface area contributed by atoms with Gasteiger partial charge in [0.25, 0.3) is 0 Å². The highest BCUT2D eigenvalue weighted by molar-refractivity contribution is 5.77. The van der Waals surface area contributed by atoms with Crippen LogP contribution in [0.3, 0.4) is 0 Å². The van der Waals surface area contributed by atoms with Crippen molar-refractivity contribution >= 4 is 5.90 Å². The molecule has 1 atom stereocenters. The van der Waals surface area contributed by atoms with Crippen LogP contribution in [-0.4, -0.2) is 25.8 Å². The van der Waals surface area contributed by atoms with E-state index in [0.717, 1.165) is 25.2 Å². The van der Waals surface area contributed by atoms with Gasteiger partial charge < -0.3 is 9.47 Å². The second-order valence-corrected chi connectivity index (χ2v) is 3.86. The molecule has 3 nitrogen and oxygen atoms in total. The van der Waals surface area contributed by atoms with Crippen LogP contribution in [0.1, 0.15) is 18.4 Å². The molecule has 1 aliphatic rings. The zero-order valence-electron chi connectivity index (χ0n) is 9.56. The Labute approximate surface area is 96.1 Å². The Morgan fingerprint density at radius 3 is 2.81 bits per heavy atom. The summed E-state index contributed by atoms with van der Waals surface area (Å²) in [7, 11) is 1.66. The van der Waals surface area contributed by atoms with E-state index in [1.165, 1.54) is 5.56 Å². The Kier molecular flexibility index (Phi) is 3.94. The quantitative estimate of drug-likeness (QED) is 0.761. The highest BCUT2D eigenvalue weighted by Gasteiger charge is 2.16. The van der Waals surface area contributed by atoms with E-state index < -0.39 is 0 Å². The van der Waals surface area contributed by atoms with Crippen molar-refractivity contribution in [1.82, 2.24) is 0 Å². The van der Waals surface area contributed by atoms with Crippen LogP contribution in [-0.2, 0) is 15.9 Å². The molecule has 0 aliphatic carbocycles. The second kappa shape index (κ2) is 5.66. The first-order chi connectivity index (χ1) is 7.88. The molecule has 1 aliphatic heterocycles. The van der Waals surface area contributed by atoms with Gasteiger partial charge in [0, 0.05) is 13.5 Å². The first-order valence-corrected chi connectivity index (χ1v) is 5.64. The molecule has 0 radical (unpaired) electrons. The monoisotopic (exact) mass is 219 g/mol. The third-order valence-corrected chi connectivity index (χ3v) is 2.65. The van der Waals surface area contributed by atoms with Crippen molar-refractivity contribution < 1.29 is 9.47 Å². The van der Waals surface area contributed by atoms with Crippen LogP contribution < -0.4 is 0 Å². The Morgan fingerprint density at radius 1 is 1.31 bits per heavy atom. The molecule has 0 spiro atoms. The SMILES string of the molecule is COC1COC(CCCc2ccccc2)=N1. The lowest BCUT2D eigenvalue weighted by atomic mass is 10.1. The standard InChI is InChI=1S/C13H17NO2/c1-15-13-10-16-12(14-13)9-5-8-11-6-3-2-4-7-11/h2-4,6-7,13H,5,8-10H2,1H3. The van der Waals surface area contributed by atoms with Crippen molar-refractivity contribution in [2.24, 2.45) is 4.99 Å². The van der Waals surface area contributed by atoms with Crippen molar-refractivity contribution in [3.8, 4) is 0 Å². The molecule has 0 bridgehead atoms. The molecule has 1 unspecified atom stereocenters. The lowest BCUT2D eigenvalue weighted by Crippen LogP contribution is -2.07. The highest BCUT2D eigenvalue weighted by Crippen LogP contribution is 2.11. The predicted molar refractivity (Wildman–Crippen MR) is 63.6 cm³/mol. The zero-order chi connectivity index (χ0) is 11.2. The van der Waals surface area contributed by atoms with E-state index in [2.05, 4.69) is 29.3 Å². The molecule has 1 aromatic carbocycles. The van der Waals surface area contributed by atoms with Crippen molar-refractivity contribution in [3.63, 3.8) is 0 Å². The highest BCUT2D eigenvalue weighted by atomic mass is 16.6. The average molecular weight is 219 g/mol. The molecule has 16 heavy (non-hydrogen) atoms. The number of hydrogen-bond donors (Lipinski definition) is 0. The summed E-state index contributed by atoms with van der Waals surface area (Å²) in [6, 6.07) is 10.5. The lowest BCUT2D eigenvalue weighted by Gasteiger charge is -2.01. The fourth-order valence-electron chi connectivity index (χ4n) is 1.75. The summed E-state index contributed by atoms with van der Waals surface area (Å²) in [6.07, 6.45) is 2.95. The summed E-state index contributed by atoms with van der Waals surface area (Å²) in [5, 5.41) is 0.